The number of fused-ring (bicyclic) bond motifs is 1. The summed E-state index contributed by atoms with van der Waals surface area (Å²) in [7, 11) is 0. The largest absolute Gasteiger partial charge is 0.459 e. The minimum Gasteiger partial charge on any atom is -0.459 e. The van der Waals surface area contributed by atoms with Crippen LogP contribution in [0.4, 0.5) is 0 Å². The van der Waals surface area contributed by atoms with E-state index in [-0.39, 0.29) is 18.2 Å². The van der Waals surface area contributed by atoms with Crippen molar-refractivity contribution in [1.29, 1.82) is 0 Å². The molecule has 0 aromatic heterocycles. The molecule has 0 heterocycles. The second-order valence-corrected chi connectivity index (χ2v) is 15.0. The average Bonchev–Trinajstić information content (AvgIpc) is 3.40. The Balaban J connectivity index is 1.53. The zero-order chi connectivity index (χ0) is 28.1. The van der Waals surface area contributed by atoms with Gasteiger partial charge < -0.3 is 14.3 Å². The Kier molecular flexibility index (Phi) is 8.12. The van der Waals surface area contributed by atoms with E-state index in [1.54, 1.807) is 0 Å². The van der Waals surface area contributed by atoms with Crippen molar-refractivity contribution in [3.8, 4) is 0 Å². The first-order chi connectivity index (χ1) is 18.5. The van der Waals surface area contributed by atoms with Gasteiger partial charge >= 0.3 is 11.9 Å². The molecule has 0 saturated heterocycles. The second kappa shape index (κ2) is 11.0. The van der Waals surface area contributed by atoms with Crippen LogP contribution in [-0.4, -0.2) is 30.4 Å². The van der Waals surface area contributed by atoms with E-state index in [4.69, 9.17) is 9.47 Å². The smallest absolute Gasteiger partial charge is 0.335 e. The molecule has 0 N–H and O–H groups in total. The van der Waals surface area contributed by atoms with Crippen LogP contribution in [0.25, 0.3) is 0 Å². The zero-order valence-electron chi connectivity index (χ0n) is 25.3. The quantitative estimate of drug-likeness (QED) is 0.248. The normalized spacial score (nSPS) is 42.0. The Labute approximate surface area is 236 Å². The average molecular weight is 541 g/mol. The third-order valence-electron chi connectivity index (χ3n) is 11.8. The van der Waals surface area contributed by atoms with Crippen molar-refractivity contribution in [1.82, 2.24) is 0 Å². The van der Waals surface area contributed by atoms with Crippen molar-refractivity contribution in [2.24, 2.45) is 52.3 Å². The number of hydrogen-bond acceptors (Lipinski definition) is 5. The Hall–Kier alpha value is -1.65. The van der Waals surface area contributed by atoms with Crippen LogP contribution in [0.3, 0.4) is 0 Å². The van der Waals surface area contributed by atoms with Crippen LogP contribution in [0.1, 0.15) is 119 Å². The first kappa shape index (κ1) is 28.9. The SMILES string of the molecule is CC(C)[C@@H]1CC[C@@H](C)C[C@H]1OC(=O)C1=C(C(=O)O[C@@H]2C[C@H](C)CC[C@H]2C(C)C)[C@]23CCC[C@@H]2CC[C@@]1(C=O)C3. The van der Waals surface area contributed by atoms with E-state index in [0.717, 1.165) is 70.5 Å². The minimum atomic E-state index is -0.919. The van der Waals surface area contributed by atoms with Gasteiger partial charge in [0.05, 0.1) is 16.6 Å². The van der Waals surface area contributed by atoms with Gasteiger partial charge in [0.25, 0.3) is 0 Å². The summed E-state index contributed by atoms with van der Waals surface area (Å²) in [5.74, 6) is 2.07. The topological polar surface area (TPSA) is 69.7 Å². The van der Waals surface area contributed by atoms with Gasteiger partial charge in [0.2, 0.25) is 0 Å². The van der Waals surface area contributed by atoms with Crippen LogP contribution in [0.15, 0.2) is 11.1 Å². The van der Waals surface area contributed by atoms with Crippen LogP contribution in [-0.2, 0) is 23.9 Å². The number of carbonyl (C=O) groups is 3. The van der Waals surface area contributed by atoms with Crippen molar-refractivity contribution < 1.29 is 23.9 Å². The molecule has 0 radical (unpaired) electrons. The van der Waals surface area contributed by atoms with Crippen molar-refractivity contribution in [2.45, 2.75) is 131 Å². The first-order valence-electron chi connectivity index (χ1n) is 16.1. The molecule has 2 bridgehead atoms. The number of carbonyl (C=O) groups excluding carboxylic acids is 3. The van der Waals surface area contributed by atoms with Gasteiger partial charge in [-0.25, -0.2) is 9.59 Å². The molecule has 4 fully saturated rings. The fourth-order valence-corrected chi connectivity index (χ4v) is 9.67. The summed E-state index contributed by atoms with van der Waals surface area (Å²) in [6, 6.07) is 0. The van der Waals surface area contributed by atoms with E-state index in [2.05, 4.69) is 41.5 Å². The van der Waals surface area contributed by atoms with Gasteiger partial charge in [0, 0.05) is 5.41 Å². The predicted molar refractivity (Wildman–Crippen MR) is 152 cm³/mol. The van der Waals surface area contributed by atoms with Crippen LogP contribution >= 0.6 is 0 Å². The molecular formula is C34H52O5. The molecule has 9 atom stereocenters. The fraction of sp³-hybridized carbons (Fsp3) is 0.853. The fourth-order valence-electron chi connectivity index (χ4n) is 9.67. The molecule has 5 aliphatic carbocycles. The lowest BCUT2D eigenvalue weighted by Crippen LogP contribution is -2.39. The third-order valence-corrected chi connectivity index (χ3v) is 11.8. The number of rotatable bonds is 7. The Morgan fingerprint density at radius 1 is 0.769 bits per heavy atom. The van der Waals surface area contributed by atoms with Gasteiger partial charge in [-0.2, -0.15) is 0 Å². The van der Waals surface area contributed by atoms with Crippen LogP contribution in [0.2, 0.25) is 0 Å². The number of aldehydes is 1. The van der Waals surface area contributed by atoms with E-state index >= 15 is 0 Å². The zero-order valence-corrected chi connectivity index (χ0v) is 25.3. The molecule has 218 valence electrons. The number of hydrogen-bond donors (Lipinski definition) is 0. The van der Waals surface area contributed by atoms with E-state index in [0.29, 0.717) is 65.4 Å². The molecule has 0 aromatic carbocycles. The van der Waals surface area contributed by atoms with Crippen molar-refractivity contribution >= 4 is 18.2 Å². The Bertz CT molecular complexity index is 996. The highest BCUT2D eigenvalue weighted by Gasteiger charge is 2.65. The number of ether oxygens (including phenoxy) is 2. The summed E-state index contributed by atoms with van der Waals surface area (Å²) in [6.07, 6.45) is 11.9. The highest BCUT2D eigenvalue weighted by atomic mass is 16.6. The molecule has 4 saturated carbocycles. The third kappa shape index (κ3) is 5.03. The van der Waals surface area contributed by atoms with Crippen molar-refractivity contribution in [3.63, 3.8) is 0 Å². The molecule has 0 unspecified atom stereocenters. The molecule has 5 nitrogen and oxygen atoms in total. The molecule has 0 aliphatic heterocycles. The second-order valence-electron chi connectivity index (χ2n) is 15.0. The van der Waals surface area contributed by atoms with Crippen LogP contribution in [0.5, 0.6) is 0 Å². The summed E-state index contributed by atoms with van der Waals surface area (Å²) in [5.41, 5.74) is -0.435. The molecule has 5 aliphatic rings. The Morgan fingerprint density at radius 2 is 1.31 bits per heavy atom. The lowest BCUT2D eigenvalue weighted by molar-refractivity contribution is -0.155. The van der Waals surface area contributed by atoms with Crippen molar-refractivity contribution in [2.75, 3.05) is 0 Å². The summed E-state index contributed by atoms with van der Waals surface area (Å²) in [5, 5.41) is 0. The number of esters is 2. The van der Waals surface area contributed by atoms with E-state index in [1.165, 1.54) is 0 Å². The molecule has 39 heavy (non-hydrogen) atoms. The van der Waals surface area contributed by atoms with Gasteiger partial charge in [-0.1, -0.05) is 60.8 Å². The van der Waals surface area contributed by atoms with Crippen molar-refractivity contribution in [3.05, 3.63) is 11.1 Å². The van der Waals surface area contributed by atoms with Crippen LogP contribution < -0.4 is 0 Å². The van der Waals surface area contributed by atoms with Gasteiger partial charge in [0.15, 0.2) is 0 Å². The first-order valence-corrected chi connectivity index (χ1v) is 16.1. The molecule has 5 heteroatoms. The van der Waals surface area contributed by atoms with E-state index in [1.807, 2.05) is 0 Å². The lowest BCUT2D eigenvalue weighted by atomic mass is 9.62. The maximum absolute atomic E-state index is 14.4. The molecule has 1 spiro atoms. The summed E-state index contributed by atoms with van der Waals surface area (Å²) in [4.78, 5) is 41.5. The Morgan fingerprint density at radius 3 is 1.82 bits per heavy atom. The summed E-state index contributed by atoms with van der Waals surface area (Å²) >= 11 is 0. The van der Waals surface area contributed by atoms with E-state index < -0.39 is 16.8 Å². The summed E-state index contributed by atoms with van der Waals surface area (Å²) in [6.45, 7) is 13.3. The highest BCUT2D eigenvalue weighted by Crippen LogP contribution is 2.68. The van der Waals surface area contributed by atoms with Gasteiger partial charge in [-0.05, 0) is 99.2 Å². The summed E-state index contributed by atoms with van der Waals surface area (Å²) < 4.78 is 12.8. The molecule has 5 rings (SSSR count). The standard InChI is InChI=1S/C34H52O5/c1-20(2)25-11-9-22(5)16-27(25)38-31(36)29-30(32(37)39-28-17-23(6)10-12-26(28)21(3)4)34-14-7-8-24(34)13-15-33(29,18-34)19-35/h19-28H,7-18H2,1-6H3/t22-,23-,24-,25+,26+,27-,28-,33+,34+/m1/s1. The highest BCUT2D eigenvalue weighted by molar-refractivity contribution is 6.07. The van der Waals surface area contributed by atoms with Gasteiger partial charge in [-0.15, -0.1) is 0 Å². The van der Waals surface area contributed by atoms with Gasteiger partial charge in [-0.3, -0.25) is 0 Å². The molecular weight excluding hydrogens is 488 g/mol. The molecule has 0 amide bonds. The predicted octanol–water partition coefficient (Wildman–Crippen LogP) is 7.46. The van der Waals surface area contributed by atoms with Crippen LogP contribution in [0, 0.1) is 52.3 Å². The van der Waals surface area contributed by atoms with E-state index in [9.17, 15) is 14.4 Å². The monoisotopic (exact) mass is 540 g/mol. The minimum absolute atomic E-state index is 0.139. The maximum Gasteiger partial charge on any atom is 0.335 e. The maximum atomic E-state index is 14.4. The van der Waals surface area contributed by atoms with Gasteiger partial charge in [0.1, 0.15) is 18.5 Å². The molecule has 0 aromatic rings. The lowest BCUT2D eigenvalue weighted by Gasteiger charge is -2.42.